The summed E-state index contributed by atoms with van der Waals surface area (Å²) >= 11 is 1.46. The second-order valence-corrected chi connectivity index (χ2v) is 4.65. The summed E-state index contributed by atoms with van der Waals surface area (Å²) in [6.45, 7) is 2.05. The molecule has 0 saturated carbocycles. The van der Waals surface area contributed by atoms with E-state index in [0.29, 0.717) is 5.75 Å². The van der Waals surface area contributed by atoms with E-state index in [9.17, 15) is 4.79 Å². The summed E-state index contributed by atoms with van der Waals surface area (Å²) in [5.41, 5.74) is 1.06. The van der Waals surface area contributed by atoms with Crippen molar-refractivity contribution in [1.29, 1.82) is 0 Å². The number of nitrogens with zero attached hydrogens (tertiary/aromatic N) is 3. The van der Waals surface area contributed by atoms with Gasteiger partial charge in [0.15, 0.2) is 0 Å². The van der Waals surface area contributed by atoms with Crippen LogP contribution in [0, 0.1) is 0 Å². The van der Waals surface area contributed by atoms with E-state index in [2.05, 4.69) is 22.2 Å². The maximum atomic E-state index is 11.5. The summed E-state index contributed by atoms with van der Waals surface area (Å²) in [6.07, 6.45) is 2.36. The first-order valence-electron chi connectivity index (χ1n) is 5.44. The van der Waals surface area contributed by atoms with Crippen LogP contribution in [0.25, 0.3) is 0 Å². The van der Waals surface area contributed by atoms with Gasteiger partial charge in [-0.15, -0.1) is 0 Å². The number of aromatic nitrogens is 2. The van der Waals surface area contributed by atoms with Gasteiger partial charge in [-0.1, -0.05) is 18.7 Å². The van der Waals surface area contributed by atoms with Crippen LogP contribution < -0.4 is 5.32 Å². The third kappa shape index (κ3) is 3.59. The average molecular weight is 254 g/mol. The Hall–Kier alpha value is -1.30. The molecule has 1 amide bonds. The molecular weight excluding hydrogens is 236 g/mol. The molecular formula is C11H18N4OS. The molecule has 17 heavy (non-hydrogen) atoms. The summed E-state index contributed by atoms with van der Waals surface area (Å²) in [5.74, 6) is 1.32. The Bertz CT molecular complexity index is 395. The number of hydrogen-bond acceptors (Lipinski definition) is 5. The zero-order valence-corrected chi connectivity index (χ0v) is 11.5. The standard InChI is InChI=1S/C11H18N4OS/c1-5-8-10(12-2)13-7-14-11(8)17-6-9(16)15(3)4/h7H,5-6H2,1-4H3,(H,12,13,14). The lowest BCUT2D eigenvalue weighted by Crippen LogP contribution is -2.23. The Morgan fingerprint density at radius 3 is 2.71 bits per heavy atom. The third-order valence-corrected chi connectivity index (χ3v) is 3.34. The quantitative estimate of drug-likeness (QED) is 0.633. The Morgan fingerprint density at radius 1 is 1.47 bits per heavy atom. The van der Waals surface area contributed by atoms with Crippen molar-refractivity contribution < 1.29 is 4.79 Å². The molecule has 1 aromatic rings. The molecule has 0 radical (unpaired) electrons. The zero-order chi connectivity index (χ0) is 12.8. The largest absolute Gasteiger partial charge is 0.373 e. The van der Waals surface area contributed by atoms with Crippen LogP contribution in [-0.4, -0.2) is 47.7 Å². The fourth-order valence-corrected chi connectivity index (χ4v) is 2.37. The molecule has 0 bridgehead atoms. The maximum absolute atomic E-state index is 11.5. The van der Waals surface area contributed by atoms with Crippen LogP contribution in [-0.2, 0) is 11.2 Å². The molecule has 1 heterocycles. The summed E-state index contributed by atoms with van der Waals surface area (Å²) in [6, 6.07) is 0. The predicted molar refractivity (Wildman–Crippen MR) is 70.4 cm³/mol. The van der Waals surface area contributed by atoms with E-state index in [-0.39, 0.29) is 5.91 Å². The third-order valence-electron chi connectivity index (χ3n) is 2.33. The van der Waals surface area contributed by atoms with E-state index in [0.717, 1.165) is 22.8 Å². The number of rotatable bonds is 5. The van der Waals surface area contributed by atoms with Gasteiger partial charge in [-0.3, -0.25) is 4.79 Å². The Kier molecular flexibility index (Phi) is 5.21. The Balaban J connectivity index is 2.80. The van der Waals surface area contributed by atoms with Gasteiger partial charge in [-0.25, -0.2) is 9.97 Å². The van der Waals surface area contributed by atoms with Crippen molar-refractivity contribution in [1.82, 2.24) is 14.9 Å². The predicted octanol–water partition coefficient (Wildman–Crippen LogP) is 1.26. The van der Waals surface area contributed by atoms with E-state index in [1.54, 1.807) is 19.0 Å². The van der Waals surface area contributed by atoms with Crippen LogP contribution in [0.1, 0.15) is 12.5 Å². The normalized spacial score (nSPS) is 10.1. The van der Waals surface area contributed by atoms with Crippen LogP contribution in [0.3, 0.4) is 0 Å². The molecule has 0 spiro atoms. The van der Waals surface area contributed by atoms with Gasteiger partial charge in [0.1, 0.15) is 17.2 Å². The molecule has 6 heteroatoms. The molecule has 0 saturated heterocycles. The Morgan fingerprint density at radius 2 is 2.18 bits per heavy atom. The lowest BCUT2D eigenvalue weighted by molar-refractivity contribution is -0.125. The summed E-state index contributed by atoms with van der Waals surface area (Å²) < 4.78 is 0. The van der Waals surface area contributed by atoms with Crippen LogP contribution in [0.4, 0.5) is 5.82 Å². The lowest BCUT2D eigenvalue weighted by Gasteiger charge is -2.12. The number of carbonyl (C=O) groups excluding carboxylic acids is 1. The highest BCUT2D eigenvalue weighted by Gasteiger charge is 2.11. The summed E-state index contributed by atoms with van der Waals surface area (Å²) in [5, 5.41) is 3.91. The highest BCUT2D eigenvalue weighted by molar-refractivity contribution is 7.99. The van der Waals surface area contributed by atoms with Crippen LogP contribution in [0.15, 0.2) is 11.4 Å². The monoisotopic (exact) mass is 254 g/mol. The smallest absolute Gasteiger partial charge is 0.232 e. The van der Waals surface area contributed by atoms with E-state index < -0.39 is 0 Å². The topological polar surface area (TPSA) is 58.1 Å². The minimum atomic E-state index is 0.0849. The number of amides is 1. The van der Waals surface area contributed by atoms with Gasteiger partial charge in [-0.05, 0) is 6.42 Å². The van der Waals surface area contributed by atoms with E-state index in [1.807, 2.05) is 7.05 Å². The van der Waals surface area contributed by atoms with Gasteiger partial charge < -0.3 is 10.2 Å². The van der Waals surface area contributed by atoms with Crippen molar-refractivity contribution in [2.75, 3.05) is 32.2 Å². The van der Waals surface area contributed by atoms with Crippen molar-refractivity contribution >= 4 is 23.5 Å². The van der Waals surface area contributed by atoms with Gasteiger partial charge in [0, 0.05) is 26.7 Å². The second-order valence-electron chi connectivity index (χ2n) is 3.69. The van der Waals surface area contributed by atoms with Gasteiger partial charge in [0.25, 0.3) is 0 Å². The average Bonchev–Trinajstić information content (AvgIpc) is 2.34. The summed E-state index contributed by atoms with van der Waals surface area (Å²) in [7, 11) is 5.34. The molecule has 0 aliphatic carbocycles. The number of thioether (sulfide) groups is 1. The fraction of sp³-hybridized carbons (Fsp3) is 0.545. The summed E-state index contributed by atoms with van der Waals surface area (Å²) in [4.78, 5) is 21.5. The molecule has 1 N–H and O–H groups in total. The fourth-order valence-electron chi connectivity index (χ4n) is 1.31. The van der Waals surface area contributed by atoms with E-state index >= 15 is 0 Å². The zero-order valence-electron chi connectivity index (χ0n) is 10.6. The molecule has 0 atom stereocenters. The second kappa shape index (κ2) is 6.44. The molecule has 1 rings (SSSR count). The SMILES string of the molecule is CCc1c(NC)ncnc1SCC(=O)N(C)C. The van der Waals surface area contributed by atoms with Crippen molar-refractivity contribution in [3.63, 3.8) is 0 Å². The first kappa shape index (κ1) is 13.8. The maximum Gasteiger partial charge on any atom is 0.232 e. The molecule has 0 aliphatic rings. The molecule has 1 aromatic heterocycles. The van der Waals surface area contributed by atoms with Crippen LogP contribution in [0.2, 0.25) is 0 Å². The molecule has 0 aromatic carbocycles. The van der Waals surface area contributed by atoms with Crippen molar-refractivity contribution in [2.24, 2.45) is 0 Å². The van der Waals surface area contributed by atoms with Crippen LogP contribution in [0.5, 0.6) is 0 Å². The number of anilines is 1. The minimum Gasteiger partial charge on any atom is -0.373 e. The van der Waals surface area contributed by atoms with Crippen molar-refractivity contribution in [3.8, 4) is 0 Å². The Labute approximate surface area is 106 Å². The lowest BCUT2D eigenvalue weighted by atomic mass is 10.2. The first-order valence-corrected chi connectivity index (χ1v) is 6.43. The number of nitrogens with one attached hydrogen (secondary N) is 1. The van der Waals surface area contributed by atoms with Crippen molar-refractivity contribution in [2.45, 2.75) is 18.4 Å². The van der Waals surface area contributed by atoms with Crippen molar-refractivity contribution in [3.05, 3.63) is 11.9 Å². The molecule has 0 unspecified atom stereocenters. The highest BCUT2D eigenvalue weighted by atomic mass is 32.2. The number of hydrogen-bond donors (Lipinski definition) is 1. The minimum absolute atomic E-state index is 0.0849. The molecule has 94 valence electrons. The first-order chi connectivity index (χ1) is 8.10. The van der Waals surface area contributed by atoms with Gasteiger partial charge in [0.2, 0.25) is 5.91 Å². The number of carbonyl (C=O) groups is 1. The molecule has 5 nitrogen and oxygen atoms in total. The van der Waals surface area contributed by atoms with E-state index in [4.69, 9.17) is 0 Å². The highest BCUT2D eigenvalue weighted by Crippen LogP contribution is 2.25. The van der Waals surface area contributed by atoms with Gasteiger partial charge in [-0.2, -0.15) is 0 Å². The van der Waals surface area contributed by atoms with Gasteiger partial charge >= 0.3 is 0 Å². The van der Waals surface area contributed by atoms with E-state index in [1.165, 1.54) is 18.1 Å². The van der Waals surface area contributed by atoms with Crippen LogP contribution >= 0.6 is 11.8 Å². The molecule has 0 fully saturated rings. The molecule has 0 aliphatic heterocycles. The van der Waals surface area contributed by atoms with Gasteiger partial charge in [0.05, 0.1) is 5.75 Å².